The van der Waals surface area contributed by atoms with Gasteiger partial charge in [-0.3, -0.25) is 0 Å². The number of benzene rings is 2. The Morgan fingerprint density at radius 3 is 1.61 bits per heavy atom. The summed E-state index contributed by atoms with van der Waals surface area (Å²) in [6, 6.07) is 20.8. The molecular weight excluding hydrogens is 284 g/mol. The van der Waals surface area contributed by atoms with Gasteiger partial charge in [-0.1, -0.05) is 24.3 Å². The lowest BCUT2D eigenvalue weighted by atomic mass is 10.0. The highest BCUT2D eigenvalue weighted by molar-refractivity contribution is 5.40. The van der Waals surface area contributed by atoms with E-state index in [4.69, 9.17) is 0 Å². The predicted molar refractivity (Wildman–Crippen MR) is 89.9 cm³/mol. The maximum Gasteiger partial charge on any atom is 0.0648 e. The zero-order chi connectivity index (χ0) is 15.5. The zero-order valence-corrected chi connectivity index (χ0v) is 12.6. The first-order valence-electron chi connectivity index (χ1n) is 7.56. The van der Waals surface area contributed by atoms with Crippen molar-refractivity contribution in [2.75, 3.05) is 0 Å². The van der Waals surface area contributed by atoms with Gasteiger partial charge in [0.05, 0.1) is 11.4 Å². The van der Waals surface area contributed by atoms with Gasteiger partial charge in [0.25, 0.3) is 0 Å². The van der Waals surface area contributed by atoms with Crippen LogP contribution in [0, 0.1) is 0 Å². The second-order valence-corrected chi connectivity index (χ2v) is 5.42. The van der Waals surface area contributed by atoms with E-state index in [-0.39, 0.29) is 0 Å². The molecule has 0 aliphatic carbocycles. The molecule has 0 atom stereocenters. The molecule has 0 aliphatic heterocycles. The van der Waals surface area contributed by atoms with E-state index >= 15 is 0 Å². The molecule has 0 unspecified atom stereocenters. The summed E-state index contributed by atoms with van der Waals surface area (Å²) in [6.45, 7) is 0. The van der Waals surface area contributed by atoms with Gasteiger partial charge in [-0.2, -0.15) is 10.2 Å². The molecule has 0 spiro atoms. The van der Waals surface area contributed by atoms with E-state index in [1.165, 1.54) is 11.1 Å². The third kappa shape index (κ3) is 2.92. The van der Waals surface area contributed by atoms with Gasteiger partial charge in [-0.05, 0) is 53.9 Å². The molecule has 4 aromatic rings. The lowest BCUT2D eigenvalue weighted by Crippen LogP contribution is -1.98. The van der Waals surface area contributed by atoms with Crippen molar-refractivity contribution in [3.05, 3.63) is 96.6 Å². The molecule has 2 heterocycles. The van der Waals surface area contributed by atoms with E-state index in [9.17, 15) is 0 Å². The van der Waals surface area contributed by atoms with Crippen LogP contribution in [0.25, 0.3) is 11.4 Å². The molecule has 2 aromatic heterocycles. The molecule has 23 heavy (non-hydrogen) atoms. The SMILES string of the molecule is c1cc(Cc2cccc(-n3cccn3)c2)cc(-n2cccn2)c1. The van der Waals surface area contributed by atoms with Crippen LogP contribution in [0.1, 0.15) is 11.1 Å². The molecule has 4 nitrogen and oxygen atoms in total. The fraction of sp³-hybridized carbons (Fsp3) is 0.0526. The molecule has 0 N–H and O–H groups in total. The molecule has 0 aliphatic rings. The zero-order valence-electron chi connectivity index (χ0n) is 12.6. The Hall–Kier alpha value is -3.14. The molecule has 112 valence electrons. The Morgan fingerprint density at radius 1 is 0.652 bits per heavy atom. The fourth-order valence-corrected chi connectivity index (χ4v) is 2.70. The molecule has 4 rings (SSSR count). The highest BCUT2D eigenvalue weighted by Gasteiger charge is 2.02. The number of hydrogen-bond donors (Lipinski definition) is 0. The smallest absolute Gasteiger partial charge is 0.0648 e. The van der Waals surface area contributed by atoms with Crippen LogP contribution in [0.4, 0.5) is 0 Å². The third-order valence-electron chi connectivity index (χ3n) is 3.77. The van der Waals surface area contributed by atoms with Crippen LogP contribution in [0.2, 0.25) is 0 Å². The lowest BCUT2D eigenvalue weighted by molar-refractivity contribution is 0.875. The van der Waals surface area contributed by atoms with Gasteiger partial charge in [0.1, 0.15) is 0 Å². The minimum Gasteiger partial charge on any atom is -0.241 e. The van der Waals surface area contributed by atoms with Crippen molar-refractivity contribution in [1.82, 2.24) is 19.6 Å². The normalized spacial score (nSPS) is 10.8. The maximum atomic E-state index is 4.29. The van der Waals surface area contributed by atoms with Crippen LogP contribution in [0.15, 0.2) is 85.5 Å². The molecule has 4 heteroatoms. The summed E-state index contributed by atoms with van der Waals surface area (Å²) in [5, 5.41) is 8.58. The largest absolute Gasteiger partial charge is 0.241 e. The Morgan fingerprint density at radius 2 is 1.17 bits per heavy atom. The lowest BCUT2D eigenvalue weighted by Gasteiger charge is -2.08. The van der Waals surface area contributed by atoms with Gasteiger partial charge in [0, 0.05) is 24.8 Å². The molecule has 0 bridgehead atoms. The van der Waals surface area contributed by atoms with E-state index in [2.05, 4.69) is 58.7 Å². The van der Waals surface area contributed by atoms with E-state index in [1.807, 2.05) is 33.9 Å². The van der Waals surface area contributed by atoms with Gasteiger partial charge in [-0.25, -0.2) is 9.36 Å². The maximum absolute atomic E-state index is 4.29. The Balaban J connectivity index is 1.61. The van der Waals surface area contributed by atoms with Gasteiger partial charge >= 0.3 is 0 Å². The number of nitrogens with zero attached hydrogens (tertiary/aromatic N) is 4. The molecule has 0 radical (unpaired) electrons. The number of hydrogen-bond acceptors (Lipinski definition) is 2. The van der Waals surface area contributed by atoms with Crippen molar-refractivity contribution in [3.8, 4) is 11.4 Å². The van der Waals surface area contributed by atoms with Crippen LogP contribution in [-0.2, 0) is 6.42 Å². The van der Waals surface area contributed by atoms with Crippen LogP contribution in [0.5, 0.6) is 0 Å². The van der Waals surface area contributed by atoms with Crippen molar-refractivity contribution >= 4 is 0 Å². The van der Waals surface area contributed by atoms with Crippen molar-refractivity contribution < 1.29 is 0 Å². The van der Waals surface area contributed by atoms with Crippen LogP contribution < -0.4 is 0 Å². The first-order chi connectivity index (χ1) is 11.4. The Bertz CT molecular complexity index is 817. The van der Waals surface area contributed by atoms with Crippen LogP contribution in [-0.4, -0.2) is 19.6 Å². The van der Waals surface area contributed by atoms with E-state index < -0.39 is 0 Å². The molecule has 0 saturated heterocycles. The third-order valence-corrected chi connectivity index (χ3v) is 3.77. The van der Waals surface area contributed by atoms with E-state index in [0.29, 0.717) is 0 Å². The number of rotatable bonds is 4. The van der Waals surface area contributed by atoms with Crippen LogP contribution in [0.3, 0.4) is 0 Å². The second-order valence-electron chi connectivity index (χ2n) is 5.42. The molecule has 2 aromatic carbocycles. The summed E-state index contributed by atoms with van der Waals surface area (Å²) >= 11 is 0. The van der Waals surface area contributed by atoms with Crippen molar-refractivity contribution in [3.63, 3.8) is 0 Å². The van der Waals surface area contributed by atoms with Gasteiger partial charge < -0.3 is 0 Å². The standard InChI is InChI=1S/C19H16N4/c1-5-16(14-18(7-1)22-11-3-9-20-22)13-17-6-2-8-19(15-17)23-12-4-10-21-23/h1-12,14-15H,13H2. The Labute approximate surface area is 134 Å². The summed E-state index contributed by atoms with van der Waals surface area (Å²) in [6.07, 6.45) is 8.37. The second kappa shape index (κ2) is 5.93. The predicted octanol–water partition coefficient (Wildman–Crippen LogP) is 3.65. The molecule has 0 fully saturated rings. The first-order valence-corrected chi connectivity index (χ1v) is 7.56. The molecule has 0 saturated carbocycles. The minimum absolute atomic E-state index is 0.879. The summed E-state index contributed by atoms with van der Waals surface area (Å²) in [7, 11) is 0. The van der Waals surface area contributed by atoms with E-state index in [1.54, 1.807) is 12.4 Å². The topological polar surface area (TPSA) is 35.6 Å². The quantitative estimate of drug-likeness (QED) is 0.577. The molecule has 0 amide bonds. The highest BCUT2D eigenvalue weighted by atomic mass is 15.3. The molecular formula is C19H16N4. The Kier molecular flexibility index (Phi) is 3.48. The highest BCUT2D eigenvalue weighted by Crippen LogP contribution is 2.16. The van der Waals surface area contributed by atoms with Crippen molar-refractivity contribution in [2.45, 2.75) is 6.42 Å². The van der Waals surface area contributed by atoms with Crippen LogP contribution >= 0.6 is 0 Å². The summed E-state index contributed by atoms with van der Waals surface area (Å²) in [5.74, 6) is 0. The van der Waals surface area contributed by atoms with Gasteiger partial charge in [0.2, 0.25) is 0 Å². The first kappa shape index (κ1) is 13.5. The number of aromatic nitrogens is 4. The van der Waals surface area contributed by atoms with E-state index in [0.717, 1.165) is 17.8 Å². The average molecular weight is 300 g/mol. The summed E-state index contributed by atoms with van der Waals surface area (Å²) in [4.78, 5) is 0. The fourth-order valence-electron chi connectivity index (χ4n) is 2.70. The van der Waals surface area contributed by atoms with Gasteiger partial charge in [-0.15, -0.1) is 0 Å². The average Bonchev–Trinajstić information content (AvgIpc) is 3.29. The summed E-state index contributed by atoms with van der Waals surface area (Å²) < 4.78 is 3.76. The minimum atomic E-state index is 0.879. The monoisotopic (exact) mass is 300 g/mol. The van der Waals surface area contributed by atoms with Crippen molar-refractivity contribution in [2.24, 2.45) is 0 Å². The summed E-state index contributed by atoms with van der Waals surface area (Å²) in [5.41, 5.74) is 4.68. The van der Waals surface area contributed by atoms with Gasteiger partial charge in [0.15, 0.2) is 0 Å². The van der Waals surface area contributed by atoms with Crippen molar-refractivity contribution in [1.29, 1.82) is 0 Å².